The van der Waals surface area contributed by atoms with Gasteiger partial charge in [0.15, 0.2) is 0 Å². The van der Waals surface area contributed by atoms with Crippen LogP contribution >= 0.6 is 0 Å². The zero-order valence-corrected chi connectivity index (χ0v) is 22.0. The quantitative estimate of drug-likeness (QED) is 0.537. The average molecular weight is 500 g/mol. The Kier molecular flexibility index (Phi) is 8.94. The minimum atomic E-state index is -3.73. The van der Waals surface area contributed by atoms with E-state index in [4.69, 9.17) is 0 Å². The molecule has 0 radical (unpaired) electrons. The lowest BCUT2D eigenvalue weighted by molar-refractivity contribution is -0.140. The standard InChI is InChI=1S/C27H37N3O4S/c1-5-25(27(32)28-23-12-8-9-13-23)29(18-22-11-7-6-10-21(22)3)26(31)19-30(35(4,33)34)24-16-14-20(2)15-17-24/h6-7,10-11,14-17,23,25H,5,8-9,12-13,18-19H2,1-4H3,(H,28,32). The molecule has 7 nitrogen and oxygen atoms in total. The Morgan fingerprint density at radius 1 is 1.03 bits per heavy atom. The number of carbonyl (C=O) groups is 2. The fraction of sp³-hybridized carbons (Fsp3) is 0.481. The van der Waals surface area contributed by atoms with Gasteiger partial charge in [0.05, 0.1) is 11.9 Å². The highest BCUT2D eigenvalue weighted by molar-refractivity contribution is 7.92. The van der Waals surface area contributed by atoms with Crippen molar-refractivity contribution in [1.29, 1.82) is 0 Å². The van der Waals surface area contributed by atoms with E-state index in [1.54, 1.807) is 17.0 Å². The average Bonchev–Trinajstić information content (AvgIpc) is 3.31. The summed E-state index contributed by atoms with van der Waals surface area (Å²) in [6, 6.07) is 14.2. The molecule has 0 saturated heterocycles. The lowest BCUT2D eigenvalue weighted by Crippen LogP contribution is -2.53. The number of nitrogens with zero attached hydrogens (tertiary/aromatic N) is 2. The zero-order valence-electron chi connectivity index (χ0n) is 21.2. The molecule has 2 amide bonds. The van der Waals surface area contributed by atoms with Crippen LogP contribution in [0.5, 0.6) is 0 Å². The van der Waals surface area contributed by atoms with E-state index in [2.05, 4.69) is 5.32 Å². The molecule has 1 unspecified atom stereocenters. The normalized spacial score (nSPS) is 15.0. The van der Waals surface area contributed by atoms with E-state index in [9.17, 15) is 18.0 Å². The molecule has 8 heteroatoms. The second-order valence-electron chi connectivity index (χ2n) is 9.47. The Hall–Kier alpha value is -2.87. The van der Waals surface area contributed by atoms with Crippen molar-refractivity contribution in [2.24, 2.45) is 0 Å². The Morgan fingerprint density at radius 2 is 1.66 bits per heavy atom. The number of hydrogen-bond donors (Lipinski definition) is 1. The molecule has 1 aliphatic carbocycles. The molecule has 0 aliphatic heterocycles. The van der Waals surface area contributed by atoms with Crippen LogP contribution in [-0.2, 0) is 26.2 Å². The Labute approximate surface area is 209 Å². The number of nitrogens with one attached hydrogen (secondary N) is 1. The minimum Gasteiger partial charge on any atom is -0.352 e. The van der Waals surface area contributed by atoms with Gasteiger partial charge in [-0.3, -0.25) is 13.9 Å². The molecule has 190 valence electrons. The highest BCUT2D eigenvalue weighted by Crippen LogP contribution is 2.22. The first kappa shape index (κ1) is 26.7. The highest BCUT2D eigenvalue weighted by Gasteiger charge is 2.33. The van der Waals surface area contributed by atoms with Gasteiger partial charge in [-0.1, -0.05) is 61.7 Å². The van der Waals surface area contributed by atoms with E-state index in [1.165, 1.54) is 0 Å². The SMILES string of the molecule is CCC(C(=O)NC1CCCC1)N(Cc1ccccc1C)C(=O)CN(c1ccc(C)cc1)S(C)(=O)=O. The van der Waals surface area contributed by atoms with Crippen LogP contribution in [0.3, 0.4) is 0 Å². The number of hydrogen-bond acceptors (Lipinski definition) is 4. The summed E-state index contributed by atoms with van der Waals surface area (Å²) in [7, 11) is -3.73. The van der Waals surface area contributed by atoms with Crippen molar-refractivity contribution in [2.45, 2.75) is 71.5 Å². The number of aryl methyl sites for hydroxylation is 2. The predicted octanol–water partition coefficient (Wildman–Crippen LogP) is 3.94. The first-order chi connectivity index (χ1) is 16.6. The second kappa shape index (κ2) is 11.7. The minimum absolute atomic E-state index is 0.132. The van der Waals surface area contributed by atoms with Crippen LogP contribution in [0, 0.1) is 13.8 Å². The Morgan fingerprint density at radius 3 is 2.23 bits per heavy atom. The summed E-state index contributed by atoms with van der Waals surface area (Å²) in [5.41, 5.74) is 3.35. The van der Waals surface area contributed by atoms with Crippen LogP contribution in [0.25, 0.3) is 0 Å². The molecule has 0 spiro atoms. The van der Waals surface area contributed by atoms with Crippen molar-refractivity contribution in [1.82, 2.24) is 10.2 Å². The summed E-state index contributed by atoms with van der Waals surface area (Å²) in [5.74, 6) is -0.588. The Balaban J connectivity index is 1.92. The molecule has 1 atom stereocenters. The molecule has 0 heterocycles. The third-order valence-corrected chi connectivity index (χ3v) is 7.83. The maximum Gasteiger partial charge on any atom is 0.244 e. The van der Waals surface area contributed by atoms with Crippen LogP contribution < -0.4 is 9.62 Å². The number of amides is 2. The van der Waals surface area contributed by atoms with Crippen molar-refractivity contribution in [2.75, 3.05) is 17.1 Å². The van der Waals surface area contributed by atoms with E-state index in [-0.39, 0.29) is 25.0 Å². The van der Waals surface area contributed by atoms with Gasteiger partial charge in [0, 0.05) is 12.6 Å². The molecule has 2 aromatic carbocycles. The molecular formula is C27H37N3O4S. The molecule has 0 bridgehead atoms. The second-order valence-corrected chi connectivity index (χ2v) is 11.4. The molecule has 2 aromatic rings. The number of rotatable bonds is 10. The summed E-state index contributed by atoms with van der Waals surface area (Å²) in [5, 5.41) is 3.12. The molecule has 1 fully saturated rings. The molecule has 1 aliphatic rings. The highest BCUT2D eigenvalue weighted by atomic mass is 32.2. The van der Waals surface area contributed by atoms with E-state index in [0.29, 0.717) is 12.1 Å². The predicted molar refractivity (Wildman–Crippen MR) is 140 cm³/mol. The van der Waals surface area contributed by atoms with Gasteiger partial charge in [-0.25, -0.2) is 8.42 Å². The van der Waals surface area contributed by atoms with E-state index >= 15 is 0 Å². The van der Waals surface area contributed by atoms with E-state index in [1.807, 2.05) is 57.2 Å². The largest absolute Gasteiger partial charge is 0.352 e. The van der Waals surface area contributed by atoms with Gasteiger partial charge in [0.2, 0.25) is 21.8 Å². The summed E-state index contributed by atoms with van der Waals surface area (Å²) in [4.78, 5) is 28.6. The monoisotopic (exact) mass is 499 g/mol. The van der Waals surface area contributed by atoms with E-state index < -0.39 is 22.0 Å². The maximum atomic E-state index is 13.7. The van der Waals surface area contributed by atoms with Gasteiger partial charge in [0.1, 0.15) is 12.6 Å². The van der Waals surface area contributed by atoms with Crippen molar-refractivity contribution < 1.29 is 18.0 Å². The Bertz CT molecular complexity index is 1130. The van der Waals surface area contributed by atoms with Crippen molar-refractivity contribution >= 4 is 27.5 Å². The summed E-state index contributed by atoms with van der Waals surface area (Å²) >= 11 is 0. The first-order valence-electron chi connectivity index (χ1n) is 12.3. The molecule has 0 aromatic heterocycles. The van der Waals surface area contributed by atoms with Crippen LogP contribution in [0.4, 0.5) is 5.69 Å². The zero-order chi connectivity index (χ0) is 25.6. The third-order valence-electron chi connectivity index (χ3n) is 6.69. The molecule has 35 heavy (non-hydrogen) atoms. The maximum absolute atomic E-state index is 13.7. The van der Waals surface area contributed by atoms with Crippen molar-refractivity contribution in [3.8, 4) is 0 Å². The van der Waals surface area contributed by atoms with Crippen LogP contribution in [0.1, 0.15) is 55.7 Å². The summed E-state index contributed by atoms with van der Waals surface area (Å²) in [6.07, 6.45) is 5.60. The van der Waals surface area contributed by atoms with Crippen molar-refractivity contribution in [3.63, 3.8) is 0 Å². The summed E-state index contributed by atoms with van der Waals surface area (Å²) < 4.78 is 26.4. The smallest absolute Gasteiger partial charge is 0.244 e. The third kappa shape index (κ3) is 7.07. The molecule has 1 saturated carbocycles. The van der Waals surface area contributed by atoms with Gasteiger partial charge in [-0.2, -0.15) is 0 Å². The molecular weight excluding hydrogens is 462 g/mol. The van der Waals surface area contributed by atoms with Gasteiger partial charge in [0.25, 0.3) is 0 Å². The number of sulfonamides is 1. The lowest BCUT2D eigenvalue weighted by Gasteiger charge is -2.33. The summed E-state index contributed by atoms with van der Waals surface area (Å²) in [6.45, 7) is 5.62. The number of anilines is 1. The van der Waals surface area contributed by atoms with E-state index in [0.717, 1.165) is 52.9 Å². The molecule has 3 rings (SSSR count). The van der Waals surface area contributed by atoms with Crippen molar-refractivity contribution in [3.05, 3.63) is 65.2 Å². The fourth-order valence-corrected chi connectivity index (χ4v) is 5.43. The molecule has 1 N–H and O–H groups in total. The topological polar surface area (TPSA) is 86.8 Å². The van der Waals surface area contributed by atoms with Crippen LogP contribution in [-0.4, -0.2) is 50.0 Å². The van der Waals surface area contributed by atoms with Gasteiger partial charge in [-0.15, -0.1) is 0 Å². The van der Waals surface area contributed by atoms with Gasteiger partial charge < -0.3 is 10.2 Å². The van der Waals surface area contributed by atoms with Crippen LogP contribution in [0.15, 0.2) is 48.5 Å². The van der Waals surface area contributed by atoms with Crippen LogP contribution in [0.2, 0.25) is 0 Å². The number of benzene rings is 2. The first-order valence-corrected chi connectivity index (χ1v) is 14.1. The fourth-order valence-electron chi connectivity index (χ4n) is 4.58. The lowest BCUT2D eigenvalue weighted by atomic mass is 10.1. The number of carbonyl (C=O) groups excluding carboxylic acids is 2. The van der Waals surface area contributed by atoms with Gasteiger partial charge in [-0.05, 0) is 56.4 Å². The van der Waals surface area contributed by atoms with Gasteiger partial charge >= 0.3 is 0 Å².